The minimum atomic E-state index is 0.573. The molecule has 7 heteroatoms. The van der Waals surface area contributed by atoms with Gasteiger partial charge in [0.15, 0.2) is 11.5 Å². The summed E-state index contributed by atoms with van der Waals surface area (Å²) in [5.74, 6) is 2.47. The number of fused-ring (bicyclic) bond motifs is 1. The van der Waals surface area contributed by atoms with Crippen LogP contribution in [0.1, 0.15) is 0 Å². The van der Waals surface area contributed by atoms with Gasteiger partial charge < -0.3 is 14.0 Å². The van der Waals surface area contributed by atoms with E-state index in [2.05, 4.69) is 15.1 Å². The molecule has 0 saturated carbocycles. The van der Waals surface area contributed by atoms with Crippen molar-refractivity contribution in [3.63, 3.8) is 0 Å². The zero-order valence-electron chi connectivity index (χ0n) is 15.2. The SMILES string of the molecule is COc1cc2ncnc(N(C)c3cc(-c4ccccc4)no3)c2cc1OC. The number of nitrogens with zero attached hydrogens (tertiary/aromatic N) is 4. The van der Waals surface area contributed by atoms with Crippen molar-refractivity contribution >= 4 is 22.6 Å². The molecule has 0 spiro atoms. The molecule has 0 aliphatic carbocycles. The Hall–Kier alpha value is -3.61. The Morgan fingerprint density at radius 1 is 0.926 bits per heavy atom. The molecular weight excluding hydrogens is 344 g/mol. The zero-order chi connectivity index (χ0) is 18.8. The van der Waals surface area contributed by atoms with E-state index < -0.39 is 0 Å². The number of anilines is 2. The second kappa shape index (κ2) is 6.95. The predicted octanol–water partition coefficient (Wildman–Crippen LogP) is 4.07. The van der Waals surface area contributed by atoms with Gasteiger partial charge in [-0.15, -0.1) is 0 Å². The Morgan fingerprint density at radius 3 is 2.41 bits per heavy atom. The molecule has 136 valence electrons. The Morgan fingerprint density at radius 2 is 1.67 bits per heavy atom. The normalized spacial score (nSPS) is 10.8. The summed E-state index contributed by atoms with van der Waals surface area (Å²) in [6, 6.07) is 15.4. The molecule has 4 aromatic rings. The van der Waals surface area contributed by atoms with Crippen LogP contribution in [0.3, 0.4) is 0 Å². The van der Waals surface area contributed by atoms with Crippen molar-refractivity contribution in [2.75, 3.05) is 26.2 Å². The lowest BCUT2D eigenvalue weighted by atomic mass is 10.1. The highest BCUT2D eigenvalue weighted by atomic mass is 16.5. The minimum absolute atomic E-state index is 0.573. The van der Waals surface area contributed by atoms with Gasteiger partial charge in [-0.3, -0.25) is 4.90 Å². The molecule has 0 amide bonds. The lowest BCUT2D eigenvalue weighted by Gasteiger charge is -2.17. The summed E-state index contributed by atoms with van der Waals surface area (Å²) in [6.07, 6.45) is 1.51. The lowest BCUT2D eigenvalue weighted by molar-refractivity contribution is 0.356. The quantitative estimate of drug-likeness (QED) is 0.530. The molecule has 0 atom stereocenters. The summed E-state index contributed by atoms with van der Waals surface area (Å²) >= 11 is 0. The van der Waals surface area contributed by atoms with Crippen LogP contribution >= 0.6 is 0 Å². The van der Waals surface area contributed by atoms with E-state index in [0.717, 1.165) is 22.2 Å². The number of benzene rings is 2. The van der Waals surface area contributed by atoms with Gasteiger partial charge in [-0.05, 0) is 6.07 Å². The van der Waals surface area contributed by atoms with Crippen LogP contribution in [0, 0.1) is 0 Å². The first-order valence-electron chi connectivity index (χ1n) is 8.34. The number of hydrogen-bond donors (Lipinski definition) is 0. The Kier molecular flexibility index (Phi) is 4.33. The second-order valence-electron chi connectivity index (χ2n) is 5.90. The molecule has 0 aliphatic rings. The molecule has 0 radical (unpaired) electrons. The van der Waals surface area contributed by atoms with E-state index in [1.165, 1.54) is 6.33 Å². The van der Waals surface area contributed by atoms with Crippen LogP contribution in [0.15, 0.2) is 59.4 Å². The largest absolute Gasteiger partial charge is 0.493 e. The van der Waals surface area contributed by atoms with Crippen molar-refractivity contribution in [2.45, 2.75) is 0 Å². The highest BCUT2D eigenvalue weighted by Crippen LogP contribution is 2.36. The van der Waals surface area contributed by atoms with E-state index in [1.807, 2.05) is 60.5 Å². The molecule has 0 bridgehead atoms. The van der Waals surface area contributed by atoms with Crippen LogP contribution < -0.4 is 14.4 Å². The third kappa shape index (κ3) is 3.03. The molecule has 0 aliphatic heterocycles. The van der Waals surface area contributed by atoms with Crippen LogP contribution in [-0.4, -0.2) is 36.4 Å². The van der Waals surface area contributed by atoms with E-state index in [4.69, 9.17) is 14.0 Å². The number of aromatic nitrogens is 3. The van der Waals surface area contributed by atoms with E-state index in [9.17, 15) is 0 Å². The maximum absolute atomic E-state index is 5.55. The summed E-state index contributed by atoms with van der Waals surface area (Å²) in [6.45, 7) is 0. The standard InChI is InChI=1S/C20H18N4O3/c1-24(19-11-15(23-27-19)13-7-5-4-6-8-13)20-14-9-17(25-2)18(26-3)10-16(14)21-12-22-20/h4-12H,1-3H3. The molecular formula is C20H18N4O3. The minimum Gasteiger partial charge on any atom is -0.493 e. The maximum Gasteiger partial charge on any atom is 0.233 e. The first-order valence-corrected chi connectivity index (χ1v) is 8.34. The van der Waals surface area contributed by atoms with Gasteiger partial charge in [-0.25, -0.2) is 9.97 Å². The van der Waals surface area contributed by atoms with Crippen LogP contribution in [-0.2, 0) is 0 Å². The number of hydrogen-bond acceptors (Lipinski definition) is 7. The van der Waals surface area contributed by atoms with Gasteiger partial charge >= 0.3 is 0 Å². The number of rotatable bonds is 5. The smallest absolute Gasteiger partial charge is 0.233 e. The van der Waals surface area contributed by atoms with Crippen molar-refractivity contribution in [1.29, 1.82) is 0 Å². The fourth-order valence-corrected chi connectivity index (χ4v) is 2.91. The molecule has 0 fully saturated rings. The maximum atomic E-state index is 5.55. The molecule has 27 heavy (non-hydrogen) atoms. The lowest BCUT2D eigenvalue weighted by Crippen LogP contribution is -2.11. The Bertz CT molecular complexity index is 1080. The fraction of sp³-hybridized carbons (Fsp3) is 0.150. The van der Waals surface area contributed by atoms with Crippen LogP contribution in [0.25, 0.3) is 22.2 Å². The number of methoxy groups -OCH3 is 2. The third-order valence-electron chi connectivity index (χ3n) is 4.34. The average molecular weight is 362 g/mol. The molecule has 2 aromatic carbocycles. The van der Waals surface area contributed by atoms with Gasteiger partial charge in [-0.2, -0.15) is 0 Å². The van der Waals surface area contributed by atoms with E-state index in [-0.39, 0.29) is 0 Å². The van der Waals surface area contributed by atoms with Crippen molar-refractivity contribution in [3.05, 3.63) is 54.9 Å². The number of ether oxygens (including phenoxy) is 2. The van der Waals surface area contributed by atoms with Crippen LogP contribution in [0.2, 0.25) is 0 Å². The first kappa shape index (κ1) is 16.8. The van der Waals surface area contributed by atoms with Crippen molar-refractivity contribution in [2.24, 2.45) is 0 Å². The van der Waals surface area contributed by atoms with Crippen molar-refractivity contribution < 1.29 is 14.0 Å². The van der Waals surface area contributed by atoms with E-state index in [0.29, 0.717) is 23.2 Å². The molecule has 7 nitrogen and oxygen atoms in total. The van der Waals surface area contributed by atoms with Gasteiger partial charge in [0.05, 0.1) is 19.7 Å². The van der Waals surface area contributed by atoms with E-state index >= 15 is 0 Å². The zero-order valence-corrected chi connectivity index (χ0v) is 15.2. The highest BCUT2D eigenvalue weighted by molar-refractivity contribution is 5.93. The van der Waals surface area contributed by atoms with Crippen molar-refractivity contribution in [3.8, 4) is 22.8 Å². The summed E-state index contributed by atoms with van der Waals surface area (Å²) in [4.78, 5) is 10.6. The Balaban J connectivity index is 1.77. The summed E-state index contributed by atoms with van der Waals surface area (Å²) in [5, 5.41) is 4.98. The third-order valence-corrected chi connectivity index (χ3v) is 4.34. The van der Waals surface area contributed by atoms with Crippen LogP contribution in [0.5, 0.6) is 11.5 Å². The topological polar surface area (TPSA) is 73.5 Å². The monoisotopic (exact) mass is 362 g/mol. The molecule has 0 unspecified atom stereocenters. The van der Waals surface area contributed by atoms with Gasteiger partial charge in [0.2, 0.25) is 5.88 Å². The van der Waals surface area contributed by atoms with Gasteiger partial charge in [0.1, 0.15) is 17.8 Å². The van der Waals surface area contributed by atoms with Crippen molar-refractivity contribution in [1.82, 2.24) is 15.1 Å². The molecule has 4 rings (SSSR count). The molecule has 0 saturated heterocycles. The predicted molar refractivity (Wildman–Crippen MR) is 103 cm³/mol. The fourth-order valence-electron chi connectivity index (χ4n) is 2.91. The summed E-state index contributed by atoms with van der Waals surface area (Å²) < 4.78 is 16.3. The molecule has 2 aromatic heterocycles. The molecule has 0 N–H and O–H groups in total. The van der Waals surface area contributed by atoms with Gasteiger partial charge in [0, 0.05) is 30.1 Å². The first-order chi connectivity index (χ1) is 13.2. The highest BCUT2D eigenvalue weighted by Gasteiger charge is 2.18. The summed E-state index contributed by atoms with van der Waals surface area (Å²) in [5.41, 5.74) is 2.49. The van der Waals surface area contributed by atoms with Crippen LogP contribution in [0.4, 0.5) is 11.7 Å². The summed E-state index contributed by atoms with van der Waals surface area (Å²) in [7, 11) is 5.06. The Labute approximate surface area is 156 Å². The van der Waals surface area contributed by atoms with Gasteiger partial charge in [0.25, 0.3) is 0 Å². The average Bonchev–Trinajstić information content (AvgIpc) is 3.22. The molecule has 2 heterocycles. The van der Waals surface area contributed by atoms with E-state index in [1.54, 1.807) is 14.2 Å². The van der Waals surface area contributed by atoms with Gasteiger partial charge in [-0.1, -0.05) is 35.5 Å². The second-order valence-corrected chi connectivity index (χ2v) is 5.90.